The Balaban J connectivity index is 1.86. The molecule has 3 rings (SSSR count). The second kappa shape index (κ2) is 4.02. The minimum absolute atomic E-state index is 0.0546. The summed E-state index contributed by atoms with van der Waals surface area (Å²) < 4.78 is 11.3. The van der Waals surface area contributed by atoms with Gasteiger partial charge in [-0.1, -0.05) is 6.42 Å². The lowest BCUT2D eigenvalue weighted by molar-refractivity contribution is -0.228. The lowest BCUT2D eigenvalue weighted by atomic mass is 9.68. The smallest absolute Gasteiger partial charge is 0.308 e. The Labute approximate surface area is 96.5 Å². The Morgan fingerprint density at radius 1 is 1.12 bits per heavy atom. The van der Waals surface area contributed by atoms with Crippen molar-refractivity contribution in [1.29, 1.82) is 0 Å². The van der Waals surface area contributed by atoms with Crippen molar-refractivity contribution < 1.29 is 14.3 Å². The molecule has 2 saturated heterocycles. The molecule has 1 saturated carbocycles. The van der Waals surface area contributed by atoms with Crippen LogP contribution in [0, 0.1) is 17.8 Å². The van der Waals surface area contributed by atoms with Crippen molar-refractivity contribution in [3.8, 4) is 0 Å². The van der Waals surface area contributed by atoms with Crippen LogP contribution < -0.4 is 0 Å². The molecule has 0 aromatic carbocycles. The van der Waals surface area contributed by atoms with Gasteiger partial charge in [-0.15, -0.1) is 0 Å². The fourth-order valence-corrected chi connectivity index (χ4v) is 3.77. The number of hydrogen-bond donors (Lipinski definition) is 0. The molecular formula is C13H20O3. The van der Waals surface area contributed by atoms with E-state index >= 15 is 0 Å². The van der Waals surface area contributed by atoms with Gasteiger partial charge in [-0.2, -0.15) is 0 Å². The number of carbonyl (C=O) groups is 1. The van der Waals surface area contributed by atoms with Crippen molar-refractivity contribution in [1.82, 2.24) is 0 Å². The van der Waals surface area contributed by atoms with Crippen LogP contribution in [0.4, 0.5) is 0 Å². The van der Waals surface area contributed by atoms with Crippen molar-refractivity contribution in [3.63, 3.8) is 0 Å². The van der Waals surface area contributed by atoms with E-state index in [-0.39, 0.29) is 18.4 Å². The molecule has 3 nitrogen and oxygen atoms in total. The lowest BCUT2D eigenvalue weighted by Gasteiger charge is -2.43. The van der Waals surface area contributed by atoms with Crippen molar-refractivity contribution >= 4 is 5.97 Å². The van der Waals surface area contributed by atoms with E-state index in [1.165, 1.54) is 25.7 Å². The second-order valence-electron chi connectivity index (χ2n) is 5.61. The molecule has 0 aromatic rings. The summed E-state index contributed by atoms with van der Waals surface area (Å²) in [7, 11) is 0. The summed E-state index contributed by atoms with van der Waals surface area (Å²) in [5.41, 5.74) is 0. The summed E-state index contributed by atoms with van der Waals surface area (Å²) >= 11 is 0. The molecule has 90 valence electrons. The van der Waals surface area contributed by atoms with Gasteiger partial charge in [-0.25, -0.2) is 0 Å². The quantitative estimate of drug-likeness (QED) is 0.593. The van der Waals surface area contributed by atoms with E-state index in [0.29, 0.717) is 18.3 Å². The van der Waals surface area contributed by atoms with Crippen LogP contribution in [0.3, 0.4) is 0 Å². The van der Waals surface area contributed by atoms with Gasteiger partial charge in [0, 0.05) is 12.3 Å². The van der Waals surface area contributed by atoms with Gasteiger partial charge in [0.15, 0.2) is 0 Å². The van der Waals surface area contributed by atoms with Crippen LogP contribution in [-0.4, -0.2) is 18.4 Å². The third-order valence-electron chi connectivity index (χ3n) is 4.54. The third kappa shape index (κ3) is 1.75. The van der Waals surface area contributed by atoms with Crippen molar-refractivity contribution in [3.05, 3.63) is 0 Å². The second-order valence-corrected chi connectivity index (χ2v) is 5.61. The standard InChI is InChI=1S/C13H20O3/c1-8-5-6-9-3-2-4-10-7-11(14)16-13(15-8)12(9)10/h8-10,12-13H,2-7H2,1H3. The molecule has 3 fully saturated rings. The van der Waals surface area contributed by atoms with Crippen molar-refractivity contribution in [2.45, 2.75) is 57.8 Å². The molecule has 2 aliphatic heterocycles. The van der Waals surface area contributed by atoms with Gasteiger partial charge in [0.2, 0.25) is 6.29 Å². The third-order valence-corrected chi connectivity index (χ3v) is 4.54. The van der Waals surface area contributed by atoms with Gasteiger partial charge in [0.1, 0.15) is 0 Å². The first-order valence-corrected chi connectivity index (χ1v) is 6.59. The summed E-state index contributed by atoms with van der Waals surface area (Å²) in [6.07, 6.45) is 6.74. The predicted octanol–water partition coefficient (Wildman–Crippen LogP) is 2.49. The van der Waals surface area contributed by atoms with Gasteiger partial charge >= 0.3 is 5.97 Å². The summed E-state index contributed by atoms with van der Waals surface area (Å²) in [5, 5.41) is 0. The molecule has 0 aromatic heterocycles. The van der Waals surface area contributed by atoms with Gasteiger partial charge in [0.25, 0.3) is 0 Å². The molecule has 1 aliphatic carbocycles. The maximum Gasteiger partial charge on any atom is 0.308 e. The number of esters is 1. The molecule has 3 heteroatoms. The highest BCUT2D eigenvalue weighted by atomic mass is 16.7. The van der Waals surface area contributed by atoms with Gasteiger partial charge in [-0.05, 0) is 44.4 Å². The molecule has 3 aliphatic rings. The topological polar surface area (TPSA) is 35.5 Å². The highest BCUT2D eigenvalue weighted by molar-refractivity contribution is 5.70. The average molecular weight is 224 g/mol. The Kier molecular flexibility index (Phi) is 2.66. The molecule has 5 atom stereocenters. The zero-order chi connectivity index (χ0) is 11.1. The number of carbonyl (C=O) groups excluding carboxylic acids is 1. The molecule has 16 heavy (non-hydrogen) atoms. The predicted molar refractivity (Wildman–Crippen MR) is 58.6 cm³/mol. The summed E-state index contributed by atoms with van der Waals surface area (Å²) in [6.45, 7) is 2.09. The number of rotatable bonds is 0. The SMILES string of the molecule is CC1CCC2CCCC3CC(=O)OC(O1)C23. The summed E-state index contributed by atoms with van der Waals surface area (Å²) in [4.78, 5) is 11.5. The van der Waals surface area contributed by atoms with Crippen LogP contribution >= 0.6 is 0 Å². The molecule has 5 unspecified atom stereocenters. The molecule has 2 heterocycles. The Morgan fingerprint density at radius 3 is 2.81 bits per heavy atom. The normalized spacial score (nSPS) is 47.8. The van der Waals surface area contributed by atoms with Gasteiger partial charge in [-0.3, -0.25) is 4.79 Å². The van der Waals surface area contributed by atoms with Crippen LogP contribution in [0.1, 0.15) is 45.4 Å². The van der Waals surface area contributed by atoms with E-state index in [1.54, 1.807) is 0 Å². The Hall–Kier alpha value is -0.570. The van der Waals surface area contributed by atoms with E-state index < -0.39 is 0 Å². The highest BCUT2D eigenvalue weighted by Crippen LogP contribution is 2.46. The van der Waals surface area contributed by atoms with E-state index in [0.717, 1.165) is 12.3 Å². The number of hydrogen-bond acceptors (Lipinski definition) is 3. The van der Waals surface area contributed by atoms with E-state index in [1.807, 2.05) is 0 Å². The summed E-state index contributed by atoms with van der Waals surface area (Å²) in [6, 6.07) is 0. The fourth-order valence-electron chi connectivity index (χ4n) is 3.77. The van der Waals surface area contributed by atoms with E-state index in [4.69, 9.17) is 9.47 Å². The van der Waals surface area contributed by atoms with Crippen LogP contribution in [0.15, 0.2) is 0 Å². The molecule has 0 bridgehead atoms. The number of ether oxygens (including phenoxy) is 2. The van der Waals surface area contributed by atoms with Crippen molar-refractivity contribution in [2.75, 3.05) is 0 Å². The first-order valence-electron chi connectivity index (χ1n) is 6.59. The molecule has 0 radical (unpaired) electrons. The fraction of sp³-hybridized carbons (Fsp3) is 0.923. The van der Waals surface area contributed by atoms with Gasteiger partial charge < -0.3 is 9.47 Å². The van der Waals surface area contributed by atoms with Crippen LogP contribution in [-0.2, 0) is 14.3 Å². The highest BCUT2D eigenvalue weighted by Gasteiger charge is 2.47. The lowest BCUT2D eigenvalue weighted by Crippen LogP contribution is -2.45. The average Bonchev–Trinajstić information content (AvgIpc) is 2.39. The van der Waals surface area contributed by atoms with E-state index in [9.17, 15) is 4.79 Å². The molecule has 0 amide bonds. The first-order chi connectivity index (χ1) is 7.74. The Bertz CT molecular complexity index is 289. The van der Waals surface area contributed by atoms with Crippen LogP contribution in [0.2, 0.25) is 0 Å². The largest absolute Gasteiger partial charge is 0.435 e. The maximum atomic E-state index is 11.5. The van der Waals surface area contributed by atoms with Crippen molar-refractivity contribution in [2.24, 2.45) is 17.8 Å². The first kappa shape index (κ1) is 10.6. The molecule has 0 spiro atoms. The summed E-state index contributed by atoms with van der Waals surface area (Å²) in [5.74, 6) is 1.68. The zero-order valence-corrected chi connectivity index (χ0v) is 9.85. The van der Waals surface area contributed by atoms with Gasteiger partial charge in [0.05, 0.1) is 6.10 Å². The molecule has 0 N–H and O–H groups in total. The Morgan fingerprint density at radius 2 is 1.94 bits per heavy atom. The van der Waals surface area contributed by atoms with Crippen LogP contribution in [0.25, 0.3) is 0 Å². The minimum Gasteiger partial charge on any atom is -0.435 e. The van der Waals surface area contributed by atoms with E-state index in [2.05, 4.69) is 6.92 Å². The monoisotopic (exact) mass is 224 g/mol. The molecular weight excluding hydrogens is 204 g/mol. The zero-order valence-electron chi connectivity index (χ0n) is 9.85. The van der Waals surface area contributed by atoms with Crippen LogP contribution in [0.5, 0.6) is 0 Å². The maximum absolute atomic E-state index is 11.5. The minimum atomic E-state index is -0.242.